The molecule has 11 unspecified atom stereocenters. The SMILES string of the molecule is CCCC(O)CC1CC(N(C)C)C2C[C@H]3C[C@H]4CC(O)C(C(C)=O)C(=O)[C@@]4(O)C(O)C3C(O)C2C1O. The second kappa shape index (κ2) is 10.3. The normalized spacial score (nSPS) is 49.7. The van der Waals surface area contributed by atoms with Gasteiger partial charge in [0.1, 0.15) is 11.7 Å². The third-order valence-electron chi connectivity index (χ3n) is 10.2. The number of rotatable bonds is 6. The van der Waals surface area contributed by atoms with Gasteiger partial charge in [-0.25, -0.2) is 0 Å². The van der Waals surface area contributed by atoms with Crippen LogP contribution in [0.2, 0.25) is 0 Å². The van der Waals surface area contributed by atoms with E-state index in [-0.39, 0.29) is 30.2 Å². The predicted molar refractivity (Wildman–Crippen MR) is 131 cm³/mol. The minimum absolute atomic E-state index is 0.0358. The molecule has 206 valence electrons. The average Bonchev–Trinajstić information content (AvgIpc) is 2.77. The molecule has 0 aromatic carbocycles. The van der Waals surface area contributed by atoms with E-state index in [9.17, 15) is 40.2 Å². The van der Waals surface area contributed by atoms with E-state index in [0.717, 1.165) is 6.42 Å². The minimum Gasteiger partial charge on any atom is -0.393 e. The van der Waals surface area contributed by atoms with E-state index in [1.165, 1.54) is 6.92 Å². The van der Waals surface area contributed by atoms with Crippen molar-refractivity contribution in [1.29, 1.82) is 0 Å². The molecule has 0 aliphatic heterocycles. The first kappa shape index (κ1) is 28.1. The van der Waals surface area contributed by atoms with Crippen LogP contribution in [0.15, 0.2) is 0 Å². The first-order valence-corrected chi connectivity index (χ1v) is 13.7. The smallest absolute Gasteiger partial charge is 0.180 e. The molecule has 9 heteroatoms. The summed E-state index contributed by atoms with van der Waals surface area (Å²) in [5.74, 6) is -5.42. The Balaban J connectivity index is 1.66. The maximum absolute atomic E-state index is 13.3. The van der Waals surface area contributed by atoms with Crippen LogP contribution in [0.5, 0.6) is 0 Å². The van der Waals surface area contributed by atoms with Crippen LogP contribution in [0.25, 0.3) is 0 Å². The number of hydrogen-bond acceptors (Lipinski definition) is 9. The number of carbonyl (C=O) groups excluding carboxylic acids is 2. The number of fused-ring (bicyclic) bond motifs is 3. The van der Waals surface area contributed by atoms with Crippen LogP contribution in [0.1, 0.15) is 58.8 Å². The van der Waals surface area contributed by atoms with Gasteiger partial charge >= 0.3 is 0 Å². The second-order valence-electron chi connectivity index (χ2n) is 12.5. The van der Waals surface area contributed by atoms with Gasteiger partial charge in [-0.1, -0.05) is 13.3 Å². The third kappa shape index (κ3) is 4.38. The van der Waals surface area contributed by atoms with Gasteiger partial charge < -0.3 is 35.5 Å². The zero-order valence-corrected chi connectivity index (χ0v) is 21.9. The molecule has 9 nitrogen and oxygen atoms in total. The summed E-state index contributed by atoms with van der Waals surface area (Å²) in [5, 5.41) is 67.2. The van der Waals surface area contributed by atoms with Gasteiger partial charge in [0.25, 0.3) is 0 Å². The highest BCUT2D eigenvalue weighted by Gasteiger charge is 2.67. The molecule has 0 aromatic heterocycles. The summed E-state index contributed by atoms with van der Waals surface area (Å²) >= 11 is 0. The Labute approximate surface area is 213 Å². The average molecular weight is 512 g/mol. The maximum Gasteiger partial charge on any atom is 0.180 e. The number of Topliss-reactive ketones (excluding diaryl/α,β-unsaturated/α-hetero) is 2. The zero-order valence-electron chi connectivity index (χ0n) is 21.9. The second-order valence-corrected chi connectivity index (χ2v) is 12.5. The fourth-order valence-electron chi connectivity index (χ4n) is 8.60. The summed E-state index contributed by atoms with van der Waals surface area (Å²) in [6.45, 7) is 3.19. The Morgan fingerprint density at radius 3 is 2.31 bits per heavy atom. The van der Waals surface area contributed by atoms with Crippen LogP contribution in [-0.2, 0) is 9.59 Å². The standard InChI is InChI=1S/C27H45NO8/c1-5-6-16(30)8-14-10-18(28(3)4)17-9-13-7-15-11-19(31)20(12(2)29)25(34)27(15,36)26(35)21(13)24(33)22(17)23(14)32/h13-24,26,30-33,35-36H,5-11H2,1-4H3/t13-,14?,15+,16?,17?,18?,19?,20?,21?,22?,23?,24?,26?,27-/m1/s1. The van der Waals surface area contributed by atoms with Gasteiger partial charge in [-0.15, -0.1) is 0 Å². The lowest BCUT2D eigenvalue weighted by Gasteiger charge is -2.61. The molecule has 6 N–H and O–H groups in total. The van der Waals surface area contributed by atoms with Crippen LogP contribution >= 0.6 is 0 Å². The van der Waals surface area contributed by atoms with Crippen LogP contribution in [0.4, 0.5) is 0 Å². The van der Waals surface area contributed by atoms with Gasteiger partial charge in [-0.3, -0.25) is 9.59 Å². The number of hydrogen-bond donors (Lipinski definition) is 6. The van der Waals surface area contributed by atoms with Gasteiger partial charge in [0.15, 0.2) is 11.4 Å². The molecule has 0 aromatic rings. The first-order chi connectivity index (χ1) is 16.8. The number of nitrogens with zero attached hydrogens (tertiary/aromatic N) is 1. The summed E-state index contributed by atoms with van der Waals surface area (Å²) in [6.07, 6.45) is -1.82. The lowest BCUT2D eigenvalue weighted by atomic mass is 9.48. The number of ketones is 2. The lowest BCUT2D eigenvalue weighted by Crippen LogP contribution is -2.72. The molecule has 0 heterocycles. The molecule has 4 aliphatic rings. The number of aliphatic hydroxyl groups is 6. The van der Waals surface area contributed by atoms with Gasteiger partial charge in [0.05, 0.1) is 30.5 Å². The highest BCUT2D eigenvalue weighted by Crippen LogP contribution is 2.57. The molecule has 0 saturated heterocycles. The topological polar surface area (TPSA) is 159 Å². The Morgan fingerprint density at radius 1 is 1.06 bits per heavy atom. The van der Waals surface area contributed by atoms with Crippen LogP contribution in [-0.4, -0.2) is 103 Å². The molecular weight excluding hydrogens is 466 g/mol. The quantitative estimate of drug-likeness (QED) is 0.264. The van der Waals surface area contributed by atoms with Crippen molar-refractivity contribution < 1.29 is 40.2 Å². The molecular formula is C27H45NO8. The largest absolute Gasteiger partial charge is 0.393 e. The molecule has 36 heavy (non-hydrogen) atoms. The fourth-order valence-corrected chi connectivity index (χ4v) is 8.60. The number of aliphatic hydroxyl groups excluding tert-OH is 5. The van der Waals surface area contributed by atoms with Crippen molar-refractivity contribution in [1.82, 2.24) is 4.90 Å². The highest BCUT2D eigenvalue weighted by molar-refractivity contribution is 6.07. The van der Waals surface area contributed by atoms with Crippen molar-refractivity contribution in [2.24, 2.45) is 41.4 Å². The van der Waals surface area contributed by atoms with E-state index in [1.807, 2.05) is 21.0 Å². The summed E-state index contributed by atoms with van der Waals surface area (Å²) in [7, 11) is 3.95. The van der Waals surface area contributed by atoms with E-state index in [1.54, 1.807) is 0 Å². The summed E-state index contributed by atoms with van der Waals surface area (Å²) < 4.78 is 0. The van der Waals surface area contributed by atoms with Crippen molar-refractivity contribution in [2.45, 2.75) is 101 Å². The van der Waals surface area contributed by atoms with Gasteiger partial charge in [0, 0.05) is 23.8 Å². The molecule has 0 bridgehead atoms. The monoisotopic (exact) mass is 511 g/mol. The maximum atomic E-state index is 13.3. The van der Waals surface area contributed by atoms with Gasteiger partial charge in [-0.05, 0) is 77.3 Å². The van der Waals surface area contributed by atoms with E-state index >= 15 is 0 Å². The van der Waals surface area contributed by atoms with Gasteiger partial charge in [0.2, 0.25) is 0 Å². The highest BCUT2D eigenvalue weighted by atomic mass is 16.4. The van der Waals surface area contributed by atoms with Crippen LogP contribution in [0, 0.1) is 41.4 Å². The molecule has 0 radical (unpaired) electrons. The Kier molecular flexibility index (Phi) is 8.05. The van der Waals surface area contributed by atoms with Crippen molar-refractivity contribution in [2.75, 3.05) is 14.1 Å². The number of carbonyl (C=O) groups is 2. The van der Waals surface area contributed by atoms with E-state index < -0.39 is 71.4 Å². The van der Waals surface area contributed by atoms with Crippen molar-refractivity contribution in [3.05, 3.63) is 0 Å². The minimum atomic E-state index is -2.22. The summed E-state index contributed by atoms with van der Waals surface area (Å²) in [6, 6.07) is 0.0615. The van der Waals surface area contributed by atoms with Crippen molar-refractivity contribution in [3.8, 4) is 0 Å². The third-order valence-corrected chi connectivity index (χ3v) is 10.2. The van der Waals surface area contributed by atoms with Crippen LogP contribution in [0.3, 0.4) is 0 Å². The van der Waals surface area contributed by atoms with E-state index in [4.69, 9.17) is 0 Å². The fraction of sp³-hybridized carbons (Fsp3) is 0.926. The molecule has 4 fully saturated rings. The molecule has 14 atom stereocenters. The molecule has 4 rings (SSSR count). The predicted octanol–water partition coefficient (Wildman–Crippen LogP) is -0.271. The first-order valence-electron chi connectivity index (χ1n) is 13.7. The lowest BCUT2D eigenvalue weighted by molar-refractivity contribution is -0.245. The Hall–Kier alpha value is -0.940. The van der Waals surface area contributed by atoms with Crippen LogP contribution < -0.4 is 0 Å². The summed E-state index contributed by atoms with van der Waals surface area (Å²) in [5.41, 5.74) is -2.22. The Bertz CT molecular complexity index is 837. The van der Waals surface area contributed by atoms with E-state index in [2.05, 4.69) is 4.90 Å². The van der Waals surface area contributed by atoms with Gasteiger partial charge in [-0.2, -0.15) is 0 Å². The molecule has 0 amide bonds. The summed E-state index contributed by atoms with van der Waals surface area (Å²) in [4.78, 5) is 27.5. The molecule has 4 aliphatic carbocycles. The van der Waals surface area contributed by atoms with Crippen molar-refractivity contribution in [3.63, 3.8) is 0 Å². The molecule has 4 saturated carbocycles. The zero-order chi connectivity index (χ0) is 26.7. The van der Waals surface area contributed by atoms with E-state index in [0.29, 0.717) is 32.1 Å². The van der Waals surface area contributed by atoms with Crippen molar-refractivity contribution >= 4 is 11.6 Å². The molecule has 0 spiro atoms. The Morgan fingerprint density at radius 2 is 1.72 bits per heavy atom.